The summed E-state index contributed by atoms with van der Waals surface area (Å²) in [7, 11) is 3.34. The van der Waals surface area contributed by atoms with Crippen molar-refractivity contribution >= 4 is 5.76 Å². The molecule has 2 atom stereocenters. The van der Waals surface area contributed by atoms with Crippen LogP contribution in [0.4, 0.5) is 0 Å². The first-order chi connectivity index (χ1) is 7.74. The maximum Gasteiger partial charge on any atom is 0.134 e. The summed E-state index contributed by atoms with van der Waals surface area (Å²) >= 11 is 0. The Balaban J connectivity index is 2.21. The van der Waals surface area contributed by atoms with Crippen molar-refractivity contribution in [3.8, 4) is 11.5 Å². The van der Waals surface area contributed by atoms with Gasteiger partial charge in [0.15, 0.2) is 0 Å². The van der Waals surface area contributed by atoms with Gasteiger partial charge in [0.05, 0.1) is 14.2 Å². The molecule has 3 rings (SSSR count). The van der Waals surface area contributed by atoms with Gasteiger partial charge in [-0.05, 0) is 12.1 Å². The molecule has 2 aliphatic rings. The van der Waals surface area contributed by atoms with Gasteiger partial charge in [-0.3, -0.25) is 0 Å². The number of hydrogen-bond donors (Lipinski definition) is 0. The second-order valence-electron chi connectivity index (χ2n) is 4.22. The fourth-order valence-electron chi connectivity index (χ4n) is 2.47. The van der Waals surface area contributed by atoms with Gasteiger partial charge < -0.3 is 14.2 Å². The Morgan fingerprint density at radius 1 is 1.19 bits per heavy atom. The molecule has 2 aliphatic heterocycles. The summed E-state index contributed by atoms with van der Waals surface area (Å²) in [6.45, 7) is 2.16. The molecule has 16 heavy (non-hydrogen) atoms. The first kappa shape index (κ1) is 9.58. The third kappa shape index (κ3) is 1.08. The second-order valence-corrected chi connectivity index (χ2v) is 4.22. The molecule has 0 fully saturated rings. The number of benzene rings is 1. The van der Waals surface area contributed by atoms with E-state index in [9.17, 15) is 0 Å². The van der Waals surface area contributed by atoms with Gasteiger partial charge in [-0.15, -0.1) is 0 Å². The molecule has 0 radical (unpaired) electrons. The number of rotatable bonds is 2. The predicted octanol–water partition coefficient (Wildman–Crippen LogP) is 2.77. The average Bonchev–Trinajstić information content (AvgIpc) is 2.85. The summed E-state index contributed by atoms with van der Waals surface area (Å²) in [5, 5.41) is 0. The Bertz CT molecular complexity index is 476. The summed E-state index contributed by atoms with van der Waals surface area (Å²) < 4.78 is 16.5. The molecule has 0 aromatic heterocycles. The lowest BCUT2D eigenvalue weighted by Crippen LogP contribution is -2.06. The minimum atomic E-state index is 0.117. The van der Waals surface area contributed by atoms with E-state index in [1.54, 1.807) is 14.2 Å². The van der Waals surface area contributed by atoms with Crippen molar-refractivity contribution < 1.29 is 14.2 Å². The summed E-state index contributed by atoms with van der Waals surface area (Å²) in [6, 6.07) is 3.92. The van der Waals surface area contributed by atoms with Crippen LogP contribution in [0.1, 0.15) is 24.2 Å². The lowest BCUT2D eigenvalue weighted by molar-refractivity contribution is 0.174. The molecule has 2 bridgehead atoms. The molecule has 0 saturated carbocycles. The lowest BCUT2D eigenvalue weighted by atomic mass is 9.89. The van der Waals surface area contributed by atoms with Gasteiger partial charge in [0.1, 0.15) is 23.4 Å². The van der Waals surface area contributed by atoms with Crippen LogP contribution in [0, 0.1) is 5.92 Å². The number of methoxy groups -OCH3 is 2. The van der Waals surface area contributed by atoms with E-state index in [1.165, 1.54) is 0 Å². The van der Waals surface area contributed by atoms with Crippen molar-refractivity contribution in [3.63, 3.8) is 0 Å². The third-order valence-corrected chi connectivity index (χ3v) is 3.27. The molecule has 1 aromatic rings. The maximum atomic E-state index is 5.82. The Labute approximate surface area is 94.6 Å². The van der Waals surface area contributed by atoms with E-state index in [0.717, 1.165) is 28.4 Å². The quantitative estimate of drug-likeness (QED) is 0.764. The standard InChI is InChI=1S/C13H14O3/c1-7-4-10-9-5-8(14-2)6-11(15-3)12(9)13(7)16-10/h4-7,13H,1-3H3. The highest BCUT2D eigenvalue weighted by Crippen LogP contribution is 2.53. The van der Waals surface area contributed by atoms with Gasteiger partial charge in [-0.2, -0.15) is 0 Å². The van der Waals surface area contributed by atoms with Gasteiger partial charge >= 0.3 is 0 Å². The lowest BCUT2D eigenvalue weighted by Gasteiger charge is -2.17. The topological polar surface area (TPSA) is 27.7 Å². The number of fused-ring (bicyclic) bond motifs is 5. The molecule has 0 amide bonds. The molecule has 2 heterocycles. The molecule has 2 unspecified atom stereocenters. The van der Waals surface area contributed by atoms with Crippen LogP contribution in [0.3, 0.4) is 0 Å². The van der Waals surface area contributed by atoms with E-state index in [2.05, 4.69) is 13.0 Å². The molecule has 0 saturated heterocycles. The highest BCUT2D eigenvalue weighted by atomic mass is 16.5. The first-order valence-electron chi connectivity index (χ1n) is 5.39. The van der Waals surface area contributed by atoms with E-state index in [0.29, 0.717) is 5.92 Å². The van der Waals surface area contributed by atoms with Crippen LogP contribution in [-0.2, 0) is 4.74 Å². The van der Waals surface area contributed by atoms with Crippen molar-refractivity contribution in [2.24, 2.45) is 5.92 Å². The monoisotopic (exact) mass is 218 g/mol. The maximum absolute atomic E-state index is 5.82. The van der Waals surface area contributed by atoms with E-state index in [4.69, 9.17) is 14.2 Å². The zero-order valence-electron chi connectivity index (χ0n) is 9.61. The Hall–Kier alpha value is -1.64. The van der Waals surface area contributed by atoms with Crippen LogP contribution in [0.15, 0.2) is 18.2 Å². The van der Waals surface area contributed by atoms with E-state index in [1.807, 2.05) is 12.1 Å². The van der Waals surface area contributed by atoms with Crippen molar-refractivity contribution in [1.82, 2.24) is 0 Å². The van der Waals surface area contributed by atoms with Crippen molar-refractivity contribution in [2.75, 3.05) is 14.2 Å². The Morgan fingerprint density at radius 2 is 2.00 bits per heavy atom. The summed E-state index contributed by atoms with van der Waals surface area (Å²) in [6.07, 6.45) is 2.28. The van der Waals surface area contributed by atoms with Crippen molar-refractivity contribution in [2.45, 2.75) is 13.0 Å². The fraction of sp³-hybridized carbons (Fsp3) is 0.385. The van der Waals surface area contributed by atoms with Gasteiger partial charge in [-0.1, -0.05) is 6.92 Å². The highest BCUT2D eigenvalue weighted by molar-refractivity contribution is 5.75. The Kier molecular flexibility index (Phi) is 1.90. The predicted molar refractivity (Wildman–Crippen MR) is 60.5 cm³/mol. The summed E-state index contributed by atoms with van der Waals surface area (Å²) in [4.78, 5) is 0. The van der Waals surface area contributed by atoms with Gasteiger partial charge in [0, 0.05) is 23.1 Å². The molecule has 0 spiro atoms. The van der Waals surface area contributed by atoms with Crippen LogP contribution in [0.25, 0.3) is 5.76 Å². The number of ether oxygens (including phenoxy) is 3. The van der Waals surface area contributed by atoms with Crippen LogP contribution in [0.5, 0.6) is 11.5 Å². The van der Waals surface area contributed by atoms with Crippen molar-refractivity contribution in [3.05, 3.63) is 29.3 Å². The molecule has 0 N–H and O–H groups in total. The van der Waals surface area contributed by atoms with E-state index in [-0.39, 0.29) is 6.10 Å². The molecular formula is C13H14O3. The molecule has 84 valence electrons. The normalized spacial score (nSPS) is 24.8. The zero-order chi connectivity index (χ0) is 11.3. The minimum absolute atomic E-state index is 0.117. The first-order valence-corrected chi connectivity index (χ1v) is 5.39. The second kappa shape index (κ2) is 3.17. The van der Waals surface area contributed by atoms with Gasteiger partial charge in [0.25, 0.3) is 0 Å². The average molecular weight is 218 g/mol. The minimum Gasteiger partial charge on any atom is -0.497 e. The van der Waals surface area contributed by atoms with Crippen LogP contribution >= 0.6 is 0 Å². The van der Waals surface area contributed by atoms with E-state index < -0.39 is 0 Å². The van der Waals surface area contributed by atoms with Crippen LogP contribution in [-0.4, -0.2) is 14.2 Å². The summed E-state index contributed by atoms with van der Waals surface area (Å²) in [5.74, 6) is 3.05. The Morgan fingerprint density at radius 3 is 2.69 bits per heavy atom. The molecule has 0 aliphatic carbocycles. The smallest absolute Gasteiger partial charge is 0.134 e. The molecule has 1 aromatic carbocycles. The SMILES string of the molecule is COc1cc(OC)c2c(c1)C1=CC(C)C2O1. The molecule has 3 nitrogen and oxygen atoms in total. The largest absolute Gasteiger partial charge is 0.497 e. The van der Waals surface area contributed by atoms with E-state index >= 15 is 0 Å². The van der Waals surface area contributed by atoms with Gasteiger partial charge in [0.2, 0.25) is 0 Å². The highest BCUT2D eigenvalue weighted by Gasteiger charge is 2.40. The van der Waals surface area contributed by atoms with Gasteiger partial charge in [-0.25, -0.2) is 0 Å². The number of hydrogen-bond acceptors (Lipinski definition) is 3. The fourth-order valence-corrected chi connectivity index (χ4v) is 2.47. The van der Waals surface area contributed by atoms with Crippen molar-refractivity contribution in [1.29, 1.82) is 0 Å². The third-order valence-electron chi connectivity index (χ3n) is 3.27. The van der Waals surface area contributed by atoms with Crippen LogP contribution < -0.4 is 9.47 Å². The molecular weight excluding hydrogens is 204 g/mol. The molecule has 3 heteroatoms. The summed E-state index contributed by atoms with van der Waals surface area (Å²) in [5.41, 5.74) is 2.27. The van der Waals surface area contributed by atoms with Crippen LogP contribution in [0.2, 0.25) is 0 Å². The zero-order valence-corrected chi connectivity index (χ0v) is 9.61.